The minimum atomic E-state index is -4.86. The van der Waals surface area contributed by atoms with Gasteiger partial charge < -0.3 is 10.2 Å². The minimum absolute atomic E-state index is 0.0259. The normalized spacial score (nSPS) is 15.4. The van der Waals surface area contributed by atoms with Crippen LogP contribution in [-0.2, 0) is 24.1 Å². The molecule has 3 nitrogen and oxygen atoms in total. The molecule has 0 unspecified atom stereocenters. The highest BCUT2D eigenvalue weighted by atomic mass is 19.4. The van der Waals surface area contributed by atoms with Crippen LogP contribution >= 0.6 is 0 Å². The number of carbonyl (C=O) groups excluding carboxylic acids is 1. The lowest BCUT2D eigenvalue weighted by Gasteiger charge is -2.23. The number of fused-ring (bicyclic) bond motifs is 1. The van der Waals surface area contributed by atoms with E-state index in [0.717, 1.165) is 39.3 Å². The number of hydrogen-bond donors (Lipinski definition) is 1. The van der Waals surface area contributed by atoms with Crippen molar-refractivity contribution in [3.05, 3.63) is 64.5 Å². The zero-order chi connectivity index (χ0) is 21.2. The van der Waals surface area contributed by atoms with E-state index in [-0.39, 0.29) is 24.9 Å². The summed E-state index contributed by atoms with van der Waals surface area (Å²) in [6.07, 6.45) is -3.37. The van der Waals surface area contributed by atoms with E-state index in [0.29, 0.717) is 12.8 Å². The first-order valence-electron chi connectivity index (χ1n) is 9.72. The first kappa shape index (κ1) is 21.1. The molecule has 0 saturated carbocycles. The van der Waals surface area contributed by atoms with Gasteiger partial charge in [0, 0.05) is 24.8 Å². The molecule has 156 valence electrons. The van der Waals surface area contributed by atoms with Gasteiger partial charge in [-0.2, -0.15) is 13.2 Å². The maximum absolute atomic E-state index is 13.2. The standard InChI is InChI=1S/C22H24F4N2O/c1-3-15-4-5-17-10-12-28(21(29)22(24,25)26)13-11-19(17)20(15)27-14(2)16-6-8-18(23)9-7-16/h4-9,14,27H,3,10-13H2,1-2H3/t14-/m0/s1. The number of hydrogen-bond acceptors (Lipinski definition) is 2. The molecule has 1 atom stereocenters. The molecular weight excluding hydrogens is 384 g/mol. The van der Waals surface area contributed by atoms with Crippen molar-refractivity contribution in [2.24, 2.45) is 0 Å². The molecule has 1 amide bonds. The van der Waals surface area contributed by atoms with Crippen LogP contribution in [0.1, 0.15) is 42.1 Å². The van der Waals surface area contributed by atoms with Crippen LogP contribution < -0.4 is 5.32 Å². The number of anilines is 1. The van der Waals surface area contributed by atoms with E-state index in [4.69, 9.17) is 0 Å². The summed E-state index contributed by atoms with van der Waals surface area (Å²) in [7, 11) is 0. The second kappa shape index (κ2) is 8.43. The fourth-order valence-electron chi connectivity index (χ4n) is 3.78. The van der Waals surface area contributed by atoms with Crippen LogP contribution in [0.25, 0.3) is 0 Å². The molecule has 0 saturated heterocycles. The smallest absolute Gasteiger partial charge is 0.378 e. The molecule has 0 radical (unpaired) electrons. The van der Waals surface area contributed by atoms with Crippen LogP contribution in [0, 0.1) is 5.82 Å². The third-order valence-corrected chi connectivity index (χ3v) is 5.42. The quantitative estimate of drug-likeness (QED) is 0.718. The summed E-state index contributed by atoms with van der Waals surface area (Å²) < 4.78 is 51.8. The number of nitrogens with zero attached hydrogens (tertiary/aromatic N) is 1. The van der Waals surface area contributed by atoms with Gasteiger partial charge in [0.1, 0.15) is 5.82 Å². The van der Waals surface area contributed by atoms with Gasteiger partial charge in [-0.1, -0.05) is 31.2 Å². The predicted molar refractivity (Wildman–Crippen MR) is 104 cm³/mol. The van der Waals surface area contributed by atoms with E-state index >= 15 is 0 Å². The first-order chi connectivity index (χ1) is 13.7. The van der Waals surface area contributed by atoms with Gasteiger partial charge in [0.2, 0.25) is 0 Å². The number of rotatable bonds is 4. The Bertz CT molecular complexity index is 878. The topological polar surface area (TPSA) is 32.3 Å². The van der Waals surface area contributed by atoms with E-state index in [1.807, 2.05) is 26.0 Å². The zero-order valence-corrected chi connectivity index (χ0v) is 16.4. The number of alkyl halides is 3. The number of carbonyl (C=O) groups is 1. The Hall–Kier alpha value is -2.57. The average Bonchev–Trinajstić information content (AvgIpc) is 2.90. The summed E-state index contributed by atoms with van der Waals surface area (Å²) in [4.78, 5) is 12.6. The highest BCUT2D eigenvalue weighted by Crippen LogP contribution is 2.32. The molecule has 2 aromatic rings. The van der Waals surface area contributed by atoms with E-state index < -0.39 is 12.1 Å². The fraction of sp³-hybridized carbons (Fsp3) is 0.409. The van der Waals surface area contributed by atoms with Crippen molar-refractivity contribution in [3.63, 3.8) is 0 Å². The Balaban J connectivity index is 1.88. The van der Waals surface area contributed by atoms with Crippen molar-refractivity contribution in [2.75, 3.05) is 18.4 Å². The van der Waals surface area contributed by atoms with Gasteiger partial charge in [-0.3, -0.25) is 4.79 Å². The summed E-state index contributed by atoms with van der Waals surface area (Å²) in [5.41, 5.74) is 4.79. The van der Waals surface area contributed by atoms with Gasteiger partial charge in [-0.05, 0) is 60.6 Å². The van der Waals surface area contributed by atoms with Crippen molar-refractivity contribution in [2.45, 2.75) is 45.3 Å². The molecular formula is C22H24F4N2O. The van der Waals surface area contributed by atoms with Gasteiger partial charge in [0.25, 0.3) is 0 Å². The van der Waals surface area contributed by atoms with Crippen LogP contribution in [0.5, 0.6) is 0 Å². The maximum Gasteiger partial charge on any atom is 0.471 e. The van der Waals surface area contributed by atoms with Crippen LogP contribution in [-0.4, -0.2) is 30.1 Å². The molecule has 0 bridgehead atoms. The molecule has 3 rings (SSSR count). The first-order valence-corrected chi connectivity index (χ1v) is 9.72. The minimum Gasteiger partial charge on any atom is -0.378 e. The molecule has 2 aromatic carbocycles. The lowest BCUT2D eigenvalue weighted by atomic mass is 9.95. The number of amides is 1. The van der Waals surface area contributed by atoms with Crippen molar-refractivity contribution in [3.8, 4) is 0 Å². The third-order valence-electron chi connectivity index (χ3n) is 5.42. The Labute approximate surface area is 167 Å². The Kier molecular flexibility index (Phi) is 6.15. The van der Waals surface area contributed by atoms with E-state index in [1.165, 1.54) is 12.1 Å². The second-order valence-corrected chi connectivity index (χ2v) is 7.30. The van der Waals surface area contributed by atoms with E-state index in [2.05, 4.69) is 5.32 Å². The SMILES string of the molecule is CCc1ccc2c(c1N[C@@H](C)c1ccc(F)cc1)CCN(C(=O)C(F)(F)F)CC2. The van der Waals surface area contributed by atoms with Crippen molar-refractivity contribution in [1.82, 2.24) is 4.90 Å². The fourth-order valence-corrected chi connectivity index (χ4v) is 3.78. The molecule has 0 aliphatic carbocycles. The second-order valence-electron chi connectivity index (χ2n) is 7.30. The number of benzene rings is 2. The van der Waals surface area contributed by atoms with Gasteiger partial charge in [-0.15, -0.1) is 0 Å². The molecule has 7 heteroatoms. The van der Waals surface area contributed by atoms with Gasteiger partial charge >= 0.3 is 12.1 Å². The summed E-state index contributed by atoms with van der Waals surface area (Å²) >= 11 is 0. The maximum atomic E-state index is 13.2. The summed E-state index contributed by atoms with van der Waals surface area (Å²) in [6, 6.07) is 10.1. The monoisotopic (exact) mass is 408 g/mol. The van der Waals surface area contributed by atoms with Crippen LogP contribution in [0.15, 0.2) is 36.4 Å². The largest absolute Gasteiger partial charge is 0.471 e. The Morgan fingerprint density at radius 3 is 2.38 bits per heavy atom. The number of nitrogens with one attached hydrogen (secondary N) is 1. The highest BCUT2D eigenvalue weighted by Gasteiger charge is 2.42. The molecule has 1 N–H and O–H groups in total. The molecule has 0 aromatic heterocycles. The van der Waals surface area contributed by atoms with Crippen molar-refractivity contribution < 1.29 is 22.4 Å². The average molecular weight is 408 g/mol. The molecule has 29 heavy (non-hydrogen) atoms. The van der Waals surface area contributed by atoms with Gasteiger partial charge in [0.05, 0.1) is 0 Å². The van der Waals surface area contributed by atoms with Gasteiger partial charge in [0.15, 0.2) is 0 Å². The molecule has 0 spiro atoms. The number of halogens is 4. The highest BCUT2D eigenvalue weighted by molar-refractivity contribution is 5.82. The van der Waals surface area contributed by atoms with Crippen LogP contribution in [0.3, 0.4) is 0 Å². The van der Waals surface area contributed by atoms with Crippen LogP contribution in [0.2, 0.25) is 0 Å². The Morgan fingerprint density at radius 2 is 1.76 bits per heavy atom. The predicted octanol–water partition coefficient (Wildman–Crippen LogP) is 5.05. The van der Waals surface area contributed by atoms with Crippen LogP contribution in [0.4, 0.5) is 23.2 Å². The van der Waals surface area contributed by atoms with Crippen molar-refractivity contribution >= 4 is 11.6 Å². The third kappa shape index (κ3) is 4.71. The lowest BCUT2D eigenvalue weighted by molar-refractivity contribution is -0.185. The van der Waals surface area contributed by atoms with Crippen molar-refractivity contribution in [1.29, 1.82) is 0 Å². The summed E-state index contributed by atoms with van der Waals surface area (Å²) in [6.45, 7) is 4.05. The number of aryl methyl sites for hydroxylation is 1. The summed E-state index contributed by atoms with van der Waals surface area (Å²) in [5, 5.41) is 3.48. The molecule has 1 aliphatic rings. The van der Waals surface area contributed by atoms with E-state index in [1.54, 1.807) is 12.1 Å². The molecule has 0 fully saturated rings. The lowest BCUT2D eigenvalue weighted by Crippen LogP contribution is -2.42. The molecule has 1 aliphatic heterocycles. The zero-order valence-electron chi connectivity index (χ0n) is 16.4. The molecule has 1 heterocycles. The van der Waals surface area contributed by atoms with Gasteiger partial charge in [-0.25, -0.2) is 4.39 Å². The summed E-state index contributed by atoms with van der Waals surface area (Å²) in [5.74, 6) is -2.09. The Morgan fingerprint density at radius 1 is 1.10 bits per heavy atom. The van der Waals surface area contributed by atoms with E-state index in [9.17, 15) is 22.4 Å².